The van der Waals surface area contributed by atoms with Crippen LogP contribution in [0.3, 0.4) is 0 Å². The third-order valence-electron chi connectivity index (χ3n) is 3.92. The molecule has 0 aromatic heterocycles. The maximum Gasteiger partial charge on any atom is 0.122 e. The van der Waals surface area contributed by atoms with Crippen LogP contribution in [-0.4, -0.2) is 19.8 Å². The molecule has 0 radical (unpaired) electrons. The Labute approximate surface area is 131 Å². The number of hydrogen-bond acceptors (Lipinski definition) is 2. The maximum absolute atomic E-state index is 6.17. The third kappa shape index (κ3) is 5.50. The molecule has 0 saturated heterocycles. The summed E-state index contributed by atoms with van der Waals surface area (Å²) in [5.74, 6) is 3.36. The Balaban J connectivity index is 2.74. The Morgan fingerprint density at radius 3 is 2.24 bits per heavy atom. The second kappa shape index (κ2) is 8.63. The van der Waals surface area contributed by atoms with Gasteiger partial charge in [0.05, 0.1) is 6.61 Å². The Kier molecular flexibility index (Phi) is 7.51. The summed E-state index contributed by atoms with van der Waals surface area (Å²) in [7, 11) is 0. The second-order valence-electron chi connectivity index (χ2n) is 7.21. The van der Waals surface area contributed by atoms with Crippen molar-refractivity contribution in [2.45, 2.75) is 54.9 Å². The predicted molar refractivity (Wildman–Crippen MR) is 90.2 cm³/mol. The first-order valence-corrected chi connectivity index (χ1v) is 8.49. The van der Waals surface area contributed by atoms with Crippen molar-refractivity contribution in [1.29, 1.82) is 0 Å². The largest absolute Gasteiger partial charge is 0.491 e. The summed E-state index contributed by atoms with van der Waals surface area (Å²) in [5, 5.41) is 0. The zero-order chi connectivity index (χ0) is 16.0. The molecule has 0 aromatic rings. The highest BCUT2D eigenvalue weighted by atomic mass is 16.5. The average Bonchev–Trinajstić information content (AvgIpc) is 2.37. The van der Waals surface area contributed by atoms with Crippen LogP contribution in [0, 0.1) is 23.7 Å². The Hall–Kier alpha value is -0.760. The van der Waals surface area contributed by atoms with Crippen LogP contribution >= 0.6 is 0 Å². The van der Waals surface area contributed by atoms with Crippen LogP contribution in [-0.2, 0) is 9.47 Å². The van der Waals surface area contributed by atoms with E-state index in [0.29, 0.717) is 36.9 Å². The molecule has 1 aliphatic carbocycles. The van der Waals surface area contributed by atoms with Gasteiger partial charge in [-0.05, 0) is 41.2 Å². The first kappa shape index (κ1) is 18.3. The van der Waals surface area contributed by atoms with Crippen LogP contribution in [0.4, 0.5) is 0 Å². The fourth-order valence-corrected chi connectivity index (χ4v) is 2.93. The highest BCUT2D eigenvalue weighted by Crippen LogP contribution is 2.37. The monoisotopic (exact) mass is 294 g/mol. The molecule has 2 nitrogen and oxygen atoms in total. The van der Waals surface area contributed by atoms with Gasteiger partial charge >= 0.3 is 0 Å². The number of allylic oxidation sites excluding steroid dienone is 3. The van der Waals surface area contributed by atoms with E-state index in [1.165, 1.54) is 11.1 Å². The van der Waals surface area contributed by atoms with Gasteiger partial charge in [-0.1, -0.05) is 54.5 Å². The van der Waals surface area contributed by atoms with E-state index < -0.39 is 0 Å². The van der Waals surface area contributed by atoms with Gasteiger partial charge in [-0.15, -0.1) is 0 Å². The van der Waals surface area contributed by atoms with Gasteiger partial charge in [0.2, 0.25) is 0 Å². The van der Waals surface area contributed by atoms with Crippen LogP contribution in [0.15, 0.2) is 23.0 Å². The molecule has 0 spiro atoms. The Morgan fingerprint density at radius 2 is 1.71 bits per heavy atom. The lowest BCUT2D eigenvalue weighted by atomic mass is 9.80. The minimum absolute atomic E-state index is 0.512. The molecule has 1 atom stereocenters. The summed E-state index contributed by atoms with van der Waals surface area (Å²) in [4.78, 5) is 0. The Bertz CT molecular complexity index is 375. The van der Waals surface area contributed by atoms with Gasteiger partial charge in [0.25, 0.3) is 0 Å². The molecule has 0 fully saturated rings. The predicted octanol–water partition coefficient (Wildman–Crippen LogP) is 5.21. The van der Waals surface area contributed by atoms with Gasteiger partial charge in [0.1, 0.15) is 12.4 Å². The number of ether oxygens (including phenoxy) is 2. The third-order valence-corrected chi connectivity index (χ3v) is 3.92. The highest BCUT2D eigenvalue weighted by molar-refractivity contribution is 5.37. The summed E-state index contributed by atoms with van der Waals surface area (Å²) in [6, 6.07) is 0. The van der Waals surface area contributed by atoms with Crippen LogP contribution in [0.25, 0.3) is 0 Å². The molecular formula is C19H34O2. The van der Waals surface area contributed by atoms with Crippen molar-refractivity contribution in [3.63, 3.8) is 0 Å². The molecule has 0 aliphatic heterocycles. The van der Waals surface area contributed by atoms with E-state index in [1.54, 1.807) is 0 Å². The van der Waals surface area contributed by atoms with Crippen molar-refractivity contribution in [1.82, 2.24) is 0 Å². The minimum Gasteiger partial charge on any atom is -0.491 e. The number of rotatable bonds is 8. The van der Waals surface area contributed by atoms with Crippen molar-refractivity contribution in [2.24, 2.45) is 23.7 Å². The average molecular weight is 294 g/mol. The summed E-state index contributed by atoms with van der Waals surface area (Å²) < 4.78 is 11.8. The standard InChI is InChI=1S/C19H34O2/c1-13(2)12-20-10-11-21-19-17(14(3)4)9-8-16(7)18(19)15(5)6/h9,13-16H,8,10-12H2,1-7H3. The van der Waals surface area contributed by atoms with E-state index in [-0.39, 0.29) is 0 Å². The molecule has 0 heterocycles. The van der Waals surface area contributed by atoms with Gasteiger partial charge in [0.15, 0.2) is 0 Å². The smallest absolute Gasteiger partial charge is 0.122 e. The molecule has 1 unspecified atom stereocenters. The maximum atomic E-state index is 6.17. The molecule has 0 bridgehead atoms. The van der Waals surface area contributed by atoms with Gasteiger partial charge < -0.3 is 9.47 Å². The molecule has 0 amide bonds. The molecule has 0 N–H and O–H groups in total. The lowest BCUT2D eigenvalue weighted by Gasteiger charge is -2.30. The van der Waals surface area contributed by atoms with E-state index in [1.807, 2.05) is 0 Å². The summed E-state index contributed by atoms with van der Waals surface area (Å²) in [6.45, 7) is 17.8. The van der Waals surface area contributed by atoms with E-state index in [2.05, 4.69) is 54.5 Å². The van der Waals surface area contributed by atoms with Crippen LogP contribution in [0.2, 0.25) is 0 Å². The number of hydrogen-bond donors (Lipinski definition) is 0. The quantitative estimate of drug-likeness (QED) is 0.572. The van der Waals surface area contributed by atoms with Crippen LogP contribution in [0.5, 0.6) is 0 Å². The van der Waals surface area contributed by atoms with Crippen molar-refractivity contribution < 1.29 is 9.47 Å². The molecule has 122 valence electrons. The zero-order valence-corrected chi connectivity index (χ0v) is 15.0. The van der Waals surface area contributed by atoms with E-state index in [4.69, 9.17) is 9.47 Å². The van der Waals surface area contributed by atoms with Gasteiger partial charge in [-0.25, -0.2) is 0 Å². The molecule has 0 aromatic carbocycles. The Morgan fingerprint density at radius 1 is 1.05 bits per heavy atom. The summed E-state index contributed by atoms with van der Waals surface area (Å²) in [6.07, 6.45) is 3.50. The summed E-state index contributed by atoms with van der Waals surface area (Å²) >= 11 is 0. The molecule has 0 saturated carbocycles. The van der Waals surface area contributed by atoms with Crippen molar-refractivity contribution >= 4 is 0 Å². The SMILES string of the molecule is CC(C)COCCOC1=C(C(C)C)C(C)CC=C1C(C)C. The van der Waals surface area contributed by atoms with Gasteiger partial charge in [0, 0.05) is 6.61 Å². The van der Waals surface area contributed by atoms with Crippen molar-refractivity contribution in [2.75, 3.05) is 19.8 Å². The lowest BCUT2D eigenvalue weighted by molar-refractivity contribution is 0.0607. The first-order valence-electron chi connectivity index (χ1n) is 8.49. The van der Waals surface area contributed by atoms with Gasteiger partial charge in [-0.3, -0.25) is 0 Å². The van der Waals surface area contributed by atoms with Crippen LogP contribution < -0.4 is 0 Å². The van der Waals surface area contributed by atoms with E-state index in [9.17, 15) is 0 Å². The molecule has 1 rings (SSSR count). The first-order chi connectivity index (χ1) is 9.84. The van der Waals surface area contributed by atoms with E-state index >= 15 is 0 Å². The molecule has 2 heteroatoms. The van der Waals surface area contributed by atoms with Crippen molar-refractivity contribution in [3.05, 3.63) is 23.0 Å². The van der Waals surface area contributed by atoms with Crippen LogP contribution in [0.1, 0.15) is 54.9 Å². The van der Waals surface area contributed by atoms with Gasteiger partial charge in [-0.2, -0.15) is 0 Å². The highest BCUT2D eigenvalue weighted by Gasteiger charge is 2.26. The summed E-state index contributed by atoms with van der Waals surface area (Å²) in [5.41, 5.74) is 2.85. The fourth-order valence-electron chi connectivity index (χ4n) is 2.93. The van der Waals surface area contributed by atoms with Crippen molar-refractivity contribution in [3.8, 4) is 0 Å². The van der Waals surface area contributed by atoms with E-state index in [0.717, 1.165) is 18.8 Å². The lowest BCUT2D eigenvalue weighted by Crippen LogP contribution is -2.19. The minimum atomic E-state index is 0.512. The molecular weight excluding hydrogens is 260 g/mol. The fraction of sp³-hybridized carbons (Fsp3) is 0.789. The topological polar surface area (TPSA) is 18.5 Å². The normalized spacial score (nSPS) is 19.7. The zero-order valence-electron chi connectivity index (χ0n) is 15.0. The molecule has 1 aliphatic rings. The molecule has 21 heavy (non-hydrogen) atoms. The second-order valence-corrected chi connectivity index (χ2v) is 7.21.